The van der Waals surface area contributed by atoms with E-state index in [9.17, 15) is 9.90 Å². The second kappa shape index (κ2) is 7.38. The first-order valence-corrected chi connectivity index (χ1v) is 8.34. The zero-order valence-corrected chi connectivity index (χ0v) is 14.0. The number of piperidine rings is 1. The van der Waals surface area contributed by atoms with Crippen LogP contribution >= 0.6 is 0 Å². The number of aliphatic carboxylic acids is 1. The van der Waals surface area contributed by atoms with E-state index in [0.717, 1.165) is 18.7 Å². The normalized spacial score (nSPS) is 20.2. The Morgan fingerprint density at radius 2 is 2.12 bits per heavy atom. The van der Waals surface area contributed by atoms with Gasteiger partial charge in [-0.3, -0.25) is 4.79 Å². The van der Waals surface area contributed by atoms with Crippen LogP contribution in [0.5, 0.6) is 5.75 Å². The largest absolute Gasteiger partial charge is 0.494 e. The number of nitrogens with zero attached hydrogens (tertiary/aromatic N) is 3. The first-order valence-electron chi connectivity index (χ1n) is 8.34. The zero-order chi connectivity index (χ0) is 17.7. The molecule has 1 aliphatic rings. The van der Waals surface area contributed by atoms with Crippen molar-refractivity contribution in [2.45, 2.75) is 19.3 Å². The van der Waals surface area contributed by atoms with E-state index >= 15 is 0 Å². The Kier molecular flexibility index (Phi) is 5.02. The molecule has 3 rings (SSSR count). The van der Waals surface area contributed by atoms with Gasteiger partial charge in [-0.05, 0) is 37.5 Å². The lowest BCUT2D eigenvalue weighted by molar-refractivity contribution is -0.150. The number of hydrogen-bond donors (Lipinski definition) is 2. The van der Waals surface area contributed by atoms with E-state index in [1.165, 1.54) is 0 Å². The topological polar surface area (TPSA) is 102 Å². The maximum atomic E-state index is 12.0. The van der Waals surface area contributed by atoms with Crippen molar-refractivity contribution in [2.24, 2.45) is 5.41 Å². The van der Waals surface area contributed by atoms with E-state index in [1.807, 2.05) is 35.2 Å². The number of rotatable bonds is 6. The lowest BCUT2D eigenvalue weighted by Crippen LogP contribution is -2.49. The van der Waals surface area contributed by atoms with Crippen molar-refractivity contribution < 1.29 is 14.6 Å². The van der Waals surface area contributed by atoms with Gasteiger partial charge in [-0.1, -0.05) is 18.2 Å². The van der Waals surface area contributed by atoms with Gasteiger partial charge >= 0.3 is 5.97 Å². The molecule has 1 aromatic heterocycles. The molecule has 1 aliphatic heterocycles. The molecule has 0 spiro atoms. The molecule has 25 heavy (non-hydrogen) atoms. The fraction of sp³-hybridized carbons (Fsp3) is 0.389. The molecule has 1 fully saturated rings. The lowest BCUT2D eigenvalue weighted by atomic mass is 9.77. The summed E-state index contributed by atoms with van der Waals surface area (Å²) >= 11 is 0. The number of carboxylic acid groups (broad SMARTS) is 1. The van der Waals surface area contributed by atoms with E-state index in [4.69, 9.17) is 10.5 Å². The van der Waals surface area contributed by atoms with Crippen molar-refractivity contribution in [3.63, 3.8) is 0 Å². The summed E-state index contributed by atoms with van der Waals surface area (Å²) in [6.07, 6.45) is 3.39. The molecular formula is C18H22N4O3. The number of nitrogens with two attached hydrogens (primary N) is 1. The smallest absolute Gasteiger partial charge is 0.311 e. The van der Waals surface area contributed by atoms with Crippen LogP contribution in [0.25, 0.3) is 0 Å². The summed E-state index contributed by atoms with van der Waals surface area (Å²) in [5.41, 5.74) is 4.85. The number of ether oxygens (including phenoxy) is 1. The molecule has 1 saturated heterocycles. The van der Waals surface area contributed by atoms with Gasteiger partial charge in [-0.25, -0.2) is 4.98 Å². The molecule has 1 atom stereocenters. The summed E-state index contributed by atoms with van der Waals surface area (Å²) in [6.45, 7) is 1.42. The van der Waals surface area contributed by atoms with Crippen LogP contribution in [-0.4, -0.2) is 40.7 Å². The minimum atomic E-state index is -0.874. The van der Waals surface area contributed by atoms with E-state index < -0.39 is 11.4 Å². The summed E-state index contributed by atoms with van der Waals surface area (Å²) in [5.74, 6) is 0.797. The quantitative estimate of drug-likeness (QED) is 0.829. The summed E-state index contributed by atoms with van der Waals surface area (Å²) in [4.78, 5) is 22.4. The molecule has 0 amide bonds. The Morgan fingerprint density at radius 3 is 2.84 bits per heavy atom. The Morgan fingerprint density at radius 1 is 1.32 bits per heavy atom. The van der Waals surface area contributed by atoms with Crippen LogP contribution < -0.4 is 15.4 Å². The fourth-order valence-electron chi connectivity index (χ4n) is 3.18. The second-order valence-corrected chi connectivity index (χ2v) is 6.30. The first-order chi connectivity index (χ1) is 12.1. The van der Waals surface area contributed by atoms with Crippen molar-refractivity contribution in [2.75, 3.05) is 30.3 Å². The highest BCUT2D eigenvalue weighted by atomic mass is 16.5. The Balaban J connectivity index is 1.69. The van der Waals surface area contributed by atoms with Gasteiger partial charge < -0.3 is 20.5 Å². The van der Waals surface area contributed by atoms with Gasteiger partial charge in [0.05, 0.1) is 12.0 Å². The van der Waals surface area contributed by atoms with Crippen LogP contribution in [0.1, 0.15) is 19.3 Å². The van der Waals surface area contributed by atoms with Gasteiger partial charge in [0.1, 0.15) is 11.6 Å². The van der Waals surface area contributed by atoms with Gasteiger partial charge in [0, 0.05) is 19.3 Å². The summed E-state index contributed by atoms with van der Waals surface area (Å²) in [5, 5.41) is 9.86. The molecule has 132 valence electrons. The van der Waals surface area contributed by atoms with Crippen molar-refractivity contribution in [3.05, 3.63) is 42.6 Å². The minimum Gasteiger partial charge on any atom is -0.494 e. The van der Waals surface area contributed by atoms with Crippen molar-refractivity contribution in [1.82, 2.24) is 9.97 Å². The Bertz CT molecular complexity index is 725. The predicted molar refractivity (Wildman–Crippen MR) is 94.5 cm³/mol. The molecule has 7 nitrogen and oxygen atoms in total. The predicted octanol–water partition coefficient (Wildman–Crippen LogP) is 2.20. The minimum absolute atomic E-state index is 0.349. The monoisotopic (exact) mass is 342 g/mol. The standard InChI is InChI=1S/C18H22N4O3/c19-15-7-10-20-17(21-15)22-11-4-8-18(13-22,16(23)24)9-12-25-14-5-2-1-3-6-14/h1-3,5-7,10H,4,8-9,11-13H2,(H,23,24)(H2,19,20,21)/t18-/m0/s1. The summed E-state index contributed by atoms with van der Waals surface area (Å²) in [6, 6.07) is 11.0. The molecule has 7 heteroatoms. The number of nitrogen functional groups attached to an aromatic ring is 1. The van der Waals surface area contributed by atoms with Gasteiger partial charge in [0.15, 0.2) is 0 Å². The number of benzene rings is 1. The number of carboxylic acids is 1. The molecular weight excluding hydrogens is 320 g/mol. The first kappa shape index (κ1) is 17.0. The highest BCUT2D eigenvalue weighted by Crippen LogP contribution is 2.35. The maximum absolute atomic E-state index is 12.0. The zero-order valence-electron chi connectivity index (χ0n) is 14.0. The average Bonchev–Trinajstić information content (AvgIpc) is 2.63. The van der Waals surface area contributed by atoms with E-state index in [1.54, 1.807) is 12.3 Å². The molecule has 2 aromatic rings. The fourth-order valence-corrected chi connectivity index (χ4v) is 3.18. The number of aromatic nitrogens is 2. The number of anilines is 2. The third-order valence-electron chi connectivity index (χ3n) is 4.57. The van der Waals surface area contributed by atoms with Crippen LogP contribution in [0.4, 0.5) is 11.8 Å². The average molecular weight is 342 g/mol. The van der Waals surface area contributed by atoms with Crippen molar-refractivity contribution >= 4 is 17.7 Å². The van der Waals surface area contributed by atoms with Gasteiger partial charge in [0.25, 0.3) is 0 Å². The second-order valence-electron chi connectivity index (χ2n) is 6.30. The van der Waals surface area contributed by atoms with Gasteiger partial charge in [-0.2, -0.15) is 4.98 Å². The summed E-state index contributed by atoms with van der Waals surface area (Å²) < 4.78 is 5.71. The number of para-hydroxylation sites is 1. The third kappa shape index (κ3) is 3.99. The van der Waals surface area contributed by atoms with E-state index in [0.29, 0.717) is 37.8 Å². The molecule has 0 saturated carbocycles. The van der Waals surface area contributed by atoms with Crippen molar-refractivity contribution in [3.8, 4) is 5.75 Å². The van der Waals surface area contributed by atoms with Crippen LogP contribution in [0.2, 0.25) is 0 Å². The Hall–Kier alpha value is -2.83. The maximum Gasteiger partial charge on any atom is 0.311 e. The molecule has 2 heterocycles. The molecule has 3 N–H and O–H groups in total. The number of carbonyl (C=O) groups is 1. The van der Waals surface area contributed by atoms with Crippen LogP contribution in [-0.2, 0) is 4.79 Å². The molecule has 0 bridgehead atoms. The lowest BCUT2D eigenvalue weighted by Gasteiger charge is -2.39. The van der Waals surface area contributed by atoms with Crippen LogP contribution in [0, 0.1) is 5.41 Å². The van der Waals surface area contributed by atoms with Crippen LogP contribution in [0.15, 0.2) is 42.6 Å². The SMILES string of the molecule is Nc1ccnc(N2CCC[C@@](CCOc3ccccc3)(C(=O)O)C2)n1. The molecule has 0 unspecified atom stereocenters. The highest BCUT2D eigenvalue weighted by molar-refractivity contribution is 5.76. The highest BCUT2D eigenvalue weighted by Gasteiger charge is 2.43. The molecule has 0 radical (unpaired) electrons. The molecule has 0 aliphatic carbocycles. The summed E-state index contributed by atoms with van der Waals surface area (Å²) in [7, 11) is 0. The van der Waals surface area contributed by atoms with Gasteiger partial charge in [-0.15, -0.1) is 0 Å². The Labute approximate surface area is 146 Å². The molecule has 1 aromatic carbocycles. The number of hydrogen-bond acceptors (Lipinski definition) is 6. The van der Waals surface area contributed by atoms with E-state index in [-0.39, 0.29) is 0 Å². The van der Waals surface area contributed by atoms with Gasteiger partial charge in [0.2, 0.25) is 5.95 Å². The van der Waals surface area contributed by atoms with E-state index in [2.05, 4.69) is 9.97 Å². The third-order valence-corrected chi connectivity index (χ3v) is 4.57. The van der Waals surface area contributed by atoms with Crippen molar-refractivity contribution in [1.29, 1.82) is 0 Å². The van der Waals surface area contributed by atoms with Crippen LogP contribution in [0.3, 0.4) is 0 Å².